The molecule has 8 nitrogen and oxygen atoms in total. The Morgan fingerprint density at radius 2 is 1.71 bits per heavy atom. The predicted molar refractivity (Wildman–Crippen MR) is 156 cm³/mol. The number of aromatic hydroxyl groups is 1. The number of hydrogen-bond donors (Lipinski definition) is 2. The number of nitrogens with one attached hydrogen (secondary N) is 1. The number of halogens is 5. The largest absolute Gasteiger partial charge is 0.506 e. The van der Waals surface area contributed by atoms with Crippen LogP contribution >= 0.6 is 46.6 Å². The molecule has 0 radical (unpaired) electrons. The number of alkyl halides is 3. The molecule has 42 heavy (non-hydrogen) atoms. The molecule has 0 spiro atoms. The number of amides is 3. The van der Waals surface area contributed by atoms with Gasteiger partial charge in [0.25, 0.3) is 11.5 Å². The fourth-order valence-corrected chi connectivity index (χ4v) is 7.04. The lowest BCUT2D eigenvalue weighted by atomic mass is 10.1. The SMILES string of the molecule is O=C(c1c(Sc2c(Cl)cccc2Cl)cc(C(F)(F)Cl)[nH]c1=O)N1Cc2cc(O)c(N3CCCN(C4CC4)C3=O)cc2C1. The van der Waals surface area contributed by atoms with Crippen LogP contribution < -0.4 is 10.5 Å². The molecular formula is C28H23Cl3F2N4O4S. The van der Waals surface area contributed by atoms with Crippen LogP contribution in [0.1, 0.15) is 46.4 Å². The zero-order valence-electron chi connectivity index (χ0n) is 21.8. The summed E-state index contributed by atoms with van der Waals surface area (Å²) in [4.78, 5) is 47.0. The second-order valence-corrected chi connectivity index (χ2v) is 12.7. The van der Waals surface area contributed by atoms with Crippen LogP contribution in [0.25, 0.3) is 0 Å². The van der Waals surface area contributed by atoms with E-state index in [9.17, 15) is 28.3 Å². The van der Waals surface area contributed by atoms with Crippen LogP contribution in [0, 0.1) is 0 Å². The zero-order chi connectivity index (χ0) is 29.9. The quantitative estimate of drug-likeness (QED) is 0.286. The molecule has 3 aliphatic rings. The third-order valence-corrected chi connectivity index (χ3v) is 9.73. The minimum absolute atomic E-state index is 0.0496. The summed E-state index contributed by atoms with van der Waals surface area (Å²) >= 11 is 18.6. The van der Waals surface area contributed by atoms with Crippen LogP contribution in [0.4, 0.5) is 19.3 Å². The van der Waals surface area contributed by atoms with Crippen LogP contribution in [0.15, 0.2) is 51.0 Å². The Morgan fingerprint density at radius 1 is 1.05 bits per heavy atom. The van der Waals surface area contributed by atoms with Crippen molar-refractivity contribution in [2.45, 2.75) is 53.6 Å². The standard InChI is InChI=1S/C28H23Cl3F2N4O4S/c29-17-3-1-4-18(30)24(17)42-21-11-22(28(31,32)33)34-25(39)23(21)26(40)35-12-14-9-19(20(38)10-15(14)13-35)37-8-2-7-36(27(37)41)16-5-6-16/h1,3-4,9-11,16,38H,2,5-8,12-13H2,(H,34,39). The molecule has 1 aromatic heterocycles. The van der Waals surface area contributed by atoms with Gasteiger partial charge in [0.05, 0.1) is 15.7 Å². The Morgan fingerprint density at radius 3 is 2.36 bits per heavy atom. The summed E-state index contributed by atoms with van der Waals surface area (Å²) in [5.74, 6) is -0.817. The first-order valence-electron chi connectivity index (χ1n) is 13.1. The summed E-state index contributed by atoms with van der Waals surface area (Å²) in [5, 5.41) is 7.36. The normalized spacial score (nSPS) is 17.2. The Hall–Kier alpha value is -2.99. The van der Waals surface area contributed by atoms with Crippen molar-refractivity contribution in [3.8, 4) is 5.75 Å². The highest BCUT2D eigenvalue weighted by Crippen LogP contribution is 2.43. The van der Waals surface area contributed by atoms with Gasteiger partial charge in [0, 0.05) is 42.0 Å². The lowest BCUT2D eigenvalue weighted by Gasteiger charge is -2.36. The van der Waals surface area contributed by atoms with Gasteiger partial charge in [0.15, 0.2) is 0 Å². The van der Waals surface area contributed by atoms with E-state index in [1.54, 1.807) is 29.2 Å². The number of nitrogens with zero attached hydrogens (tertiary/aromatic N) is 3. The molecule has 2 fully saturated rings. The number of pyridine rings is 1. The van der Waals surface area contributed by atoms with Crippen molar-refractivity contribution < 1.29 is 23.5 Å². The van der Waals surface area contributed by atoms with Gasteiger partial charge in [-0.3, -0.25) is 14.5 Å². The van der Waals surface area contributed by atoms with Gasteiger partial charge in [-0.1, -0.05) is 41.0 Å². The van der Waals surface area contributed by atoms with Gasteiger partial charge in [-0.25, -0.2) is 4.79 Å². The second-order valence-electron chi connectivity index (χ2n) is 10.4. The number of aromatic nitrogens is 1. The summed E-state index contributed by atoms with van der Waals surface area (Å²) in [7, 11) is 0. The maximum absolute atomic E-state index is 14.0. The summed E-state index contributed by atoms with van der Waals surface area (Å²) < 4.78 is 28.1. The summed E-state index contributed by atoms with van der Waals surface area (Å²) in [6.45, 7) is 1.25. The van der Waals surface area contributed by atoms with Gasteiger partial charge in [-0.05, 0) is 72.3 Å². The molecular weight excluding hydrogens is 633 g/mol. The molecule has 2 aromatic carbocycles. The zero-order valence-corrected chi connectivity index (χ0v) is 24.9. The average Bonchev–Trinajstić information content (AvgIpc) is 3.68. The predicted octanol–water partition coefficient (Wildman–Crippen LogP) is 6.78. The Kier molecular flexibility index (Phi) is 7.57. The number of fused-ring (bicyclic) bond motifs is 1. The van der Waals surface area contributed by atoms with Crippen molar-refractivity contribution in [1.82, 2.24) is 14.8 Å². The Labute approximate surface area is 258 Å². The van der Waals surface area contributed by atoms with E-state index in [1.165, 1.54) is 11.0 Å². The Bertz CT molecular complexity index is 1660. The number of aromatic amines is 1. The lowest BCUT2D eigenvalue weighted by Crippen LogP contribution is -2.50. The average molecular weight is 656 g/mol. The minimum Gasteiger partial charge on any atom is -0.506 e. The van der Waals surface area contributed by atoms with Gasteiger partial charge in [0.1, 0.15) is 17.0 Å². The van der Waals surface area contributed by atoms with E-state index in [1.807, 2.05) is 9.88 Å². The number of carbonyl (C=O) groups excluding carboxylic acids is 2. The molecule has 6 rings (SSSR count). The maximum atomic E-state index is 14.0. The van der Waals surface area contributed by atoms with Gasteiger partial charge in [0.2, 0.25) is 0 Å². The van der Waals surface area contributed by atoms with Gasteiger partial charge < -0.3 is 19.9 Å². The van der Waals surface area contributed by atoms with E-state index in [4.69, 9.17) is 34.8 Å². The molecule has 1 saturated carbocycles. The highest BCUT2D eigenvalue weighted by molar-refractivity contribution is 7.99. The van der Waals surface area contributed by atoms with Crippen molar-refractivity contribution in [1.29, 1.82) is 0 Å². The van der Waals surface area contributed by atoms with E-state index in [2.05, 4.69) is 0 Å². The summed E-state index contributed by atoms with van der Waals surface area (Å²) in [5.41, 5.74) is -0.643. The molecule has 3 heterocycles. The minimum atomic E-state index is -3.90. The number of hydrogen-bond acceptors (Lipinski definition) is 5. The summed E-state index contributed by atoms with van der Waals surface area (Å²) in [6.07, 6.45) is 2.70. The molecule has 1 aliphatic carbocycles. The molecule has 2 N–H and O–H groups in total. The Balaban J connectivity index is 1.32. The van der Waals surface area contributed by atoms with E-state index in [0.29, 0.717) is 29.9 Å². The second kappa shape index (κ2) is 10.9. The molecule has 0 atom stereocenters. The fraction of sp³-hybridized carbons (Fsp3) is 0.321. The van der Waals surface area contributed by atoms with Crippen LogP contribution in [-0.2, 0) is 18.5 Å². The van der Waals surface area contributed by atoms with Crippen molar-refractivity contribution in [3.63, 3.8) is 0 Å². The van der Waals surface area contributed by atoms with Crippen LogP contribution in [0.3, 0.4) is 0 Å². The number of H-pyrrole nitrogens is 1. The third kappa shape index (κ3) is 5.43. The first-order chi connectivity index (χ1) is 19.9. The number of benzene rings is 2. The molecule has 0 unspecified atom stereocenters. The monoisotopic (exact) mass is 654 g/mol. The van der Waals surface area contributed by atoms with E-state index in [0.717, 1.165) is 37.1 Å². The van der Waals surface area contributed by atoms with Crippen LogP contribution in [0.5, 0.6) is 5.75 Å². The van der Waals surface area contributed by atoms with Crippen LogP contribution in [0.2, 0.25) is 10.0 Å². The van der Waals surface area contributed by atoms with Crippen molar-refractivity contribution in [3.05, 3.63) is 79.2 Å². The van der Waals surface area contributed by atoms with E-state index in [-0.39, 0.29) is 56.3 Å². The fourth-order valence-electron chi connectivity index (χ4n) is 5.30. The topological polar surface area (TPSA) is 96.9 Å². The highest BCUT2D eigenvalue weighted by atomic mass is 35.5. The first kappa shape index (κ1) is 29.1. The molecule has 220 valence electrons. The highest BCUT2D eigenvalue weighted by Gasteiger charge is 2.39. The maximum Gasteiger partial charge on any atom is 0.362 e. The molecule has 3 amide bonds. The third-order valence-electron chi connectivity index (χ3n) is 7.49. The lowest BCUT2D eigenvalue weighted by molar-refractivity contribution is 0.0740. The summed E-state index contributed by atoms with van der Waals surface area (Å²) in [6, 6.07) is 8.90. The number of carbonyl (C=O) groups is 2. The number of urea groups is 1. The smallest absolute Gasteiger partial charge is 0.362 e. The van der Waals surface area contributed by atoms with Crippen LogP contribution in [-0.4, -0.2) is 51.0 Å². The molecule has 2 aliphatic heterocycles. The van der Waals surface area contributed by atoms with Gasteiger partial charge in [-0.15, -0.1) is 0 Å². The van der Waals surface area contributed by atoms with E-state index >= 15 is 0 Å². The first-order valence-corrected chi connectivity index (χ1v) is 15.1. The molecule has 14 heteroatoms. The number of anilines is 1. The number of rotatable bonds is 6. The number of phenols is 1. The molecule has 3 aromatic rings. The van der Waals surface area contributed by atoms with Crippen molar-refractivity contribution in [2.75, 3.05) is 18.0 Å². The van der Waals surface area contributed by atoms with Gasteiger partial charge >= 0.3 is 11.4 Å². The molecule has 1 saturated heterocycles. The molecule has 0 bridgehead atoms. The van der Waals surface area contributed by atoms with Crippen molar-refractivity contribution >= 4 is 64.2 Å². The van der Waals surface area contributed by atoms with E-state index < -0.39 is 22.5 Å². The number of phenolic OH excluding ortho intramolecular Hbond substituents is 1. The van der Waals surface area contributed by atoms with Gasteiger partial charge in [-0.2, -0.15) is 8.78 Å². The van der Waals surface area contributed by atoms with Crippen molar-refractivity contribution in [2.24, 2.45) is 0 Å².